The first kappa shape index (κ1) is 26.4. The van der Waals surface area contributed by atoms with Gasteiger partial charge in [-0.2, -0.15) is 10.1 Å². The number of furan rings is 1. The summed E-state index contributed by atoms with van der Waals surface area (Å²) in [6, 6.07) is 14.6. The number of nitrogens with zero attached hydrogens (tertiary/aromatic N) is 2. The number of rotatable bonds is 7. The molecule has 2 amide bonds. The molecule has 2 aliphatic heterocycles. The van der Waals surface area contributed by atoms with Crippen molar-refractivity contribution < 1.29 is 28.6 Å². The molecule has 0 aliphatic carbocycles. The van der Waals surface area contributed by atoms with Gasteiger partial charge in [0.2, 0.25) is 0 Å². The molecule has 9 nitrogen and oxygen atoms in total. The van der Waals surface area contributed by atoms with E-state index in [1.807, 2.05) is 0 Å². The van der Waals surface area contributed by atoms with Crippen molar-refractivity contribution in [3.05, 3.63) is 82.1 Å². The molecule has 0 saturated carbocycles. The maximum absolute atomic E-state index is 13.1. The van der Waals surface area contributed by atoms with Gasteiger partial charge in [0.1, 0.15) is 11.5 Å². The molecule has 1 saturated heterocycles. The summed E-state index contributed by atoms with van der Waals surface area (Å²) < 4.78 is 11.4. The van der Waals surface area contributed by atoms with Crippen LogP contribution in [0.1, 0.15) is 46.2 Å². The van der Waals surface area contributed by atoms with Crippen LogP contribution in [-0.4, -0.2) is 48.4 Å². The van der Waals surface area contributed by atoms with Gasteiger partial charge in [0.05, 0.1) is 33.1 Å². The molecular formula is C29H26ClN3O6. The molecule has 3 heterocycles. The number of benzene rings is 2. The van der Waals surface area contributed by atoms with E-state index in [0.29, 0.717) is 70.3 Å². The lowest BCUT2D eigenvalue weighted by Crippen LogP contribution is -2.32. The van der Waals surface area contributed by atoms with E-state index in [9.17, 15) is 19.5 Å². The lowest BCUT2D eigenvalue weighted by atomic mass is 10.0. The number of carbonyl (C=O) groups is 3. The van der Waals surface area contributed by atoms with E-state index >= 15 is 0 Å². The number of aromatic carboxylic acids is 1. The smallest absolute Gasteiger partial charge is 0.335 e. The fraction of sp³-hybridized carbons (Fsp3) is 0.241. The van der Waals surface area contributed by atoms with Crippen LogP contribution in [0.25, 0.3) is 17.4 Å². The molecule has 1 fully saturated rings. The van der Waals surface area contributed by atoms with Crippen molar-refractivity contribution in [1.29, 1.82) is 0 Å². The summed E-state index contributed by atoms with van der Waals surface area (Å²) in [6.45, 7) is 3.67. The average molecular weight is 548 g/mol. The van der Waals surface area contributed by atoms with Gasteiger partial charge in [-0.3, -0.25) is 9.59 Å². The molecule has 0 unspecified atom stereocenters. The van der Waals surface area contributed by atoms with E-state index in [-0.39, 0.29) is 11.5 Å². The second-order valence-electron chi connectivity index (χ2n) is 9.38. The lowest BCUT2D eigenvalue weighted by Gasteiger charge is -2.22. The fourth-order valence-electron chi connectivity index (χ4n) is 4.49. The molecule has 39 heavy (non-hydrogen) atoms. The highest BCUT2D eigenvalue weighted by atomic mass is 35.5. The first-order valence-electron chi connectivity index (χ1n) is 12.5. The van der Waals surface area contributed by atoms with Gasteiger partial charge in [-0.15, -0.1) is 0 Å². The van der Waals surface area contributed by atoms with Gasteiger partial charge < -0.3 is 19.6 Å². The van der Waals surface area contributed by atoms with Crippen molar-refractivity contribution >= 4 is 46.9 Å². The third-order valence-electron chi connectivity index (χ3n) is 6.70. The highest BCUT2D eigenvalue weighted by molar-refractivity contribution is 6.34. The van der Waals surface area contributed by atoms with Gasteiger partial charge in [0.25, 0.3) is 11.8 Å². The second kappa shape index (κ2) is 11.3. The zero-order valence-electron chi connectivity index (χ0n) is 21.1. The Morgan fingerprint density at radius 1 is 1.15 bits per heavy atom. The van der Waals surface area contributed by atoms with Crippen LogP contribution in [0.4, 0.5) is 5.69 Å². The molecule has 0 spiro atoms. The van der Waals surface area contributed by atoms with Crippen molar-refractivity contribution in [1.82, 2.24) is 5.32 Å². The minimum atomic E-state index is -1.09. The molecule has 0 bridgehead atoms. The zero-order chi connectivity index (χ0) is 27.5. The number of carbonyl (C=O) groups excluding carboxylic acids is 2. The van der Waals surface area contributed by atoms with E-state index in [0.717, 1.165) is 12.8 Å². The number of hydrogen-bond acceptors (Lipinski definition) is 6. The number of anilines is 1. The largest absolute Gasteiger partial charge is 0.478 e. The Morgan fingerprint density at radius 3 is 2.72 bits per heavy atom. The van der Waals surface area contributed by atoms with Crippen LogP contribution in [0.15, 0.2) is 69.7 Å². The normalized spacial score (nSPS) is 17.0. The van der Waals surface area contributed by atoms with E-state index in [1.165, 1.54) is 17.1 Å². The third kappa shape index (κ3) is 5.79. The standard InChI is InChI=1S/C29H26ClN3O6/c1-17-23(28(35)33(32-17)21-4-2-3-20(13-21)29(36)37)15-22-6-8-26(39-22)19-5-7-25(30)24(14-19)27(34)31-16-18-9-11-38-12-10-18/h2-8,13-15,18H,9-12,16H2,1H3,(H,31,34)(H,36,37). The highest BCUT2D eigenvalue weighted by Crippen LogP contribution is 2.30. The molecule has 2 aliphatic rings. The molecular weight excluding hydrogens is 522 g/mol. The third-order valence-corrected chi connectivity index (χ3v) is 7.03. The molecule has 10 heteroatoms. The summed E-state index contributed by atoms with van der Waals surface area (Å²) in [5.74, 6) is -0.439. The lowest BCUT2D eigenvalue weighted by molar-refractivity contribution is -0.114. The Bertz CT molecular complexity index is 1500. The maximum atomic E-state index is 13.1. The Morgan fingerprint density at radius 2 is 1.95 bits per heavy atom. The van der Waals surface area contributed by atoms with Crippen molar-refractivity contribution in [2.75, 3.05) is 24.8 Å². The summed E-state index contributed by atoms with van der Waals surface area (Å²) in [5.41, 5.74) is 2.21. The van der Waals surface area contributed by atoms with Crippen molar-refractivity contribution in [3.63, 3.8) is 0 Å². The van der Waals surface area contributed by atoms with Crippen LogP contribution in [0, 0.1) is 5.92 Å². The molecule has 3 aromatic rings. The number of hydrazone groups is 1. The summed E-state index contributed by atoms with van der Waals surface area (Å²) >= 11 is 6.33. The van der Waals surface area contributed by atoms with Crippen LogP contribution >= 0.6 is 11.6 Å². The number of nitrogens with one attached hydrogen (secondary N) is 1. The van der Waals surface area contributed by atoms with Crippen LogP contribution in [0.3, 0.4) is 0 Å². The first-order chi connectivity index (χ1) is 18.8. The average Bonchev–Trinajstić information content (AvgIpc) is 3.53. The zero-order valence-corrected chi connectivity index (χ0v) is 21.9. The first-order valence-corrected chi connectivity index (χ1v) is 12.9. The minimum Gasteiger partial charge on any atom is -0.478 e. The van der Waals surface area contributed by atoms with Gasteiger partial charge >= 0.3 is 5.97 Å². The van der Waals surface area contributed by atoms with E-state index in [1.54, 1.807) is 55.5 Å². The second-order valence-corrected chi connectivity index (χ2v) is 9.79. The number of carboxylic acid groups (broad SMARTS) is 1. The summed E-state index contributed by atoms with van der Waals surface area (Å²) in [4.78, 5) is 37.3. The summed E-state index contributed by atoms with van der Waals surface area (Å²) in [5, 5.41) is 18.0. The van der Waals surface area contributed by atoms with Crippen molar-refractivity contribution in [2.24, 2.45) is 11.0 Å². The predicted molar refractivity (Wildman–Crippen MR) is 147 cm³/mol. The van der Waals surface area contributed by atoms with Gasteiger partial charge in [-0.25, -0.2) is 4.79 Å². The molecule has 200 valence electrons. The maximum Gasteiger partial charge on any atom is 0.335 e. The van der Waals surface area contributed by atoms with Crippen molar-refractivity contribution in [3.8, 4) is 11.3 Å². The Balaban J connectivity index is 1.32. The summed E-state index contributed by atoms with van der Waals surface area (Å²) in [7, 11) is 0. The van der Waals surface area contributed by atoms with Gasteiger partial charge in [0.15, 0.2) is 0 Å². The van der Waals surface area contributed by atoms with E-state index in [2.05, 4.69) is 10.4 Å². The fourth-order valence-corrected chi connectivity index (χ4v) is 4.70. The molecule has 2 N–H and O–H groups in total. The number of amides is 2. The number of hydrogen-bond donors (Lipinski definition) is 2. The molecule has 2 aromatic carbocycles. The number of ether oxygens (including phenoxy) is 1. The molecule has 5 rings (SSSR count). The van der Waals surface area contributed by atoms with Crippen LogP contribution in [0.5, 0.6) is 0 Å². The topological polar surface area (TPSA) is 121 Å². The minimum absolute atomic E-state index is 0.0564. The van der Waals surface area contributed by atoms with E-state index in [4.69, 9.17) is 20.8 Å². The molecule has 1 aromatic heterocycles. The SMILES string of the molecule is CC1=NN(c2cccc(C(=O)O)c2)C(=O)C1=Cc1ccc(-c2ccc(Cl)c(C(=O)NCC3CCOCC3)c2)o1. The predicted octanol–water partition coefficient (Wildman–Crippen LogP) is 5.26. The summed E-state index contributed by atoms with van der Waals surface area (Å²) in [6.07, 6.45) is 3.42. The molecule has 0 atom stereocenters. The Labute approximate surface area is 229 Å². The molecule has 0 radical (unpaired) electrons. The number of carboxylic acids is 1. The van der Waals surface area contributed by atoms with Gasteiger partial charge in [-0.05, 0) is 80.3 Å². The van der Waals surface area contributed by atoms with Crippen molar-refractivity contribution in [2.45, 2.75) is 19.8 Å². The number of halogens is 1. The Hall–Kier alpha value is -4.21. The van der Waals surface area contributed by atoms with Crippen LogP contribution < -0.4 is 10.3 Å². The highest BCUT2D eigenvalue weighted by Gasteiger charge is 2.29. The van der Waals surface area contributed by atoms with Crippen LogP contribution in [0.2, 0.25) is 5.02 Å². The van der Waals surface area contributed by atoms with Gasteiger partial charge in [-0.1, -0.05) is 17.7 Å². The Kier molecular flexibility index (Phi) is 7.63. The van der Waals surface area contributed by atoms with Crippen LogP contribution in [-0.2, 0) is 9.53 Å². The quantitative estimate of drug-likeness (QED) is 0.389. The van der Waals surface area contributed by atoms with Gasteiger partial charge in [0, 0.05) is 25.3 Å². The van der Waals surface area contributed by atoms with E-state index < -0.39 is 11.9 Å². The monoisotopic (exact) mass is 547 g/mol.